The van der Waals surface area contributed by atoms with E-state index in [4.69, 9.17) is 0 Å². The van der Waals surface area contributed by atoms with Crippen LogP contribution in [-0.4, -0.2) is 30.8 Å². The first kappa shape index (κ1) is 20.3. The highest BCUT2D eigenvalue weighted by molar-refractivity contribution is 7.13. The lowest BCUT2D eigenvalue weighted by atomic mass is 10.2. The van der Waals surface area contributed by atoms with Crippen LogP contribution in [0.5, 0.6) is 0 Å². The Labute approximate surface area is 173 Å². The number of hydrogen-bond donors (Lipinski definition) is 3. The molecule has 3 amide bonds. The largest absolute Gasteiger partial charge is 0.453 e. The minimum absolute atomic E-state index is 0.325. The van der Waals surface area contributed by atoms with Crippen LogP contribution >= 0.6 is 11.3 Å². The molecule has 0 spiro atoms. The van der Waals surface area contributed by atoms with E-state index in [1.54, 1.807) is 35.6 Å². The molecule has 150 valence electrons. The zero-order valence-electron chi connectivity index (χ0n) is 16.2. The molecule has 0 aliphatic carbocycles. The molecule has 0 fully saturated rings. The third kappa shape index (κ3) is 6.05. The van der Waals surface area contributed by atoms with E-state index < -0.39 is 6.09 Å². The number of carbonyl (C=O) groups is 2. The second-order valence-corrected chi connectivity index (χ2v) is 7.20. The number of ether oxygens (including phenoxy) is 1. The highest BCUT2D eigenvalue weighted by atomic mass is 32.1. The smallest absolute Gasteiger partial charge is 0.411 e. The highest BCUT2D eigenvalue weighted by Gasteiger charge is 2.07. The Kier molecular flexibility index (Phi) is 6.80. The van der Waals surface area contributed by atoms with Gasteiger partial charge < -0.3 is 15.4 Å². The minimum Gasteiger partial charge on any atom is -0.453 e. The SMILES string of the molecule is COC(=O)Nc1cccc(NC(=O)NCCc2csc(-c3ccc(C)cc3)n2)c1. The Hall–Kier alpha value is -3.39. The predicted molar refractivity (Wildman–Crippen MR) is 115 cm³/mol. The van der Waals surface area contributed by atoms with E-state index in [0.29, 0.717) is 24.3 Å². The summed E-state index contributed by atoms with van der Waals surface area (Å²) in [6.07, 6.45) is 0.0690. The number of carbonyl (C=O) groups excluding carboxylic acids is 2. The van der Waals surface area contributed by atoms with Crippen LogP contribution in [0.3, 0.4) is 0 Å². The Balaban J connectivity index is 1.47. The number of benzene rings is 2. The normalized spacial score (nSPS) is 10.3. The van der Waals surface area contributed by atoms with Crippen molar-refractivity contribution in [3.05, 3.63) is 65.2 Å². The number of urea groups is 1. The molecule has 3 aromatic rings. The number of nitrogens with one attached hydrogen (secondary N) is 3. The summed E-state index contributed by atoms with van der Waals surface area (Å²) in [5.74, 6) is 0. The average molecular weight is 410 g/mol. The monoisotopic (exact) mass is 410 g/mol. The van der Waals surface area contributed by atoms with Crippen molar-refractivity contribution >= 4 is 34.8 Å². The maximum Gasteiger partial charge on any atom is 0.411 e. The van der Waals surface area contributed by atoms with Crippen LogP contribution in [0.15, 0.2) is 53.9 Å². The van der Waals surface area contributed by atoms with Crippen molar-refractivity contribution in [1.82, 2.24) is 10.3 Å². The van der Waals surface area contributed by atoms with Crippen LogP contribution in [0.2, 0.25) is 0 Å². The van der Waals surface area contributed by atoms with Crippen LogP contribution in [0.1, 0.15) is 11.3 Å². The summed E-state index contributed by atoms with van der Waals surface area (Å²) in [6, 6.07) is 14.7. The van der Waals surface area contributed by atoms with E-state index in [1.807, 2.05) is 5.38 Å². The third-order valence-corrected chi connectivity index (χ3v) is 5.01. The summed E-state index contributed by atoms with van der Waals surface area (Å²) < 4.78 is 4.55. The zero-order chi connectivity index (χ0) is 20.6. The summed E-state index contributed by atoms with van der Waals surface area (Å²) in [5, 5.41) is 11.1. The molecule has 7 nitrogen and oxygen atoms in total. The van der Waals surface area contributed by atoms with Crippen molar-refractivity contribution in [3.63, 3.8) is 0 Å². The number of aryl methyl sites for hydroxylation is 1. The molecule has 0 radical (unpaired) electrons. The lowest BCUT2D eigenvalue weighted by Gasteiger charge is -2.09. The lowest BCUT2D eigenvalue weighted by Crippen LogP contribution is -2.30. The molecule has 0 aliphatic heterocycles. The molecular weight excluding hydrogens is 388 g/mol. The maximum atomic E-state index is 12.1. The van der Waals surface area contributed by atoms with E-state index >= 15 is 0 Å². The van der Waals surface area contributed by atoms with Gasteiger partial charge in [-0.3, -0.25) is 5.32 Å². The van der Waals surface area contributed by atoms with E-state index in [1.165, 1.54) is 12.7 Å². The summed E-state index contributed by atoms with van der Waals surface area (Å²) in [4.78, 5) is 28.0. The van der Waals surface area contributed by atoms with E-state index in [2.05, 4.69) is 56.9 Å². The number of aromatic nitrogens is 1. The van der Waals surface area contributed by atoms with Gasteiger partial charge >= 0.3 is 12.1 Å². The number of anilines is 2. The number of amides is 3. The molecule has 1 heterocycles. The number of methoxy groups -OCH3 is 1. The number of rotatable bonds is 6. The molecule has 0 aliphatic rings. The number of thiazole rings is 1. The van der Waals surface area contributed by atoms with Gasteiger partial charge in [0.05, 0.1) is 12.8 Å². The van der Waals surface area contributed by atoms with Crippen LogP contribution in [0, 0.1) is 6.92 Å². The molecule has 1 aromatic heterocycles. The summed E-state index contributed by atoms with van der Waals surface area (Å²) >= 11 is 1.59. The topological polar surface area (TPSA) is 92.4 Å². The minimum atomic E-state index is -0.570. The van der Waals surface area contributed by atoms with E-state index in [9.17, 15) is 9.59 Å². The highest BCUT2D eigenvalue weighted by Crippen LogP contribution is 2.24. The van der Waals surface area contributed by atoms with Crippen LogP contribution < -0.4 is 16.0 Å². The second-order valence-electron chi connectivity index (χ2n) is 6.34. The van der Waals surface area contributed by atoms with Gasteiger partial charge in [0, 0.05) is 35.3 Å². The summed E-state index contributed by atoms with van der Waals surface area (Å²) in [7, 11) is 1.29. The zero-order valence-corrected chi connectivity index (χ0v) is 17.0. The van der Waals surface area contributed by atoms with Gasteiger partial charge in [-0.15, -0.1) is 11.3 Å². The molecule has 0 atom stereocenters. The molecule has 0 unspecified atom stereocenters. The molecule has 29 heavy (non-hydrogen) atoms. The van der Waals surface area contributed by atoms with Crippen molar-refractivity contribution in [2.24, 2.45) is 0 Å². The molecule has 0 bridgehead atoms. The quantitative estimate of drug-likeness (QED) is 0.551. The fourth-order valence-electron chi connectivity index (χ4n) is 2.57. The van der Waals surface area contributed by atoms with Gasteiger partial charge in [0.15, 0.2) is 0 Å². The fraction of sp³-hybridized carbons (Fsp3) is 0.190. The molecule has 3 rings (SSSR count). The van der Waals surface area contributed by atoms with Crippen LogP contribution in [0.4, 0.5) is 21.0 Å². The lowest BCUT2D eigenvalue weighted by molar-refractivity contribution is 0.187. The van der Waals surface area contributed by atoms with Gasteiger partial charge in [-0.1, -0.05) is 35.9 Å². The van der Waals surface area contributed by atoms with Crippen molar-refractivity contribution < 1.29 is 14.3 Å². The molecule has 3 N–H and O–H groups in total. The Morgan fingerprint density at radius 3 is 2.52 bits per heavy atom. The van der Waals surface area contributed by atoms with Gasteiger partial charge in [-0.25, -0.2) is 14.6 Å². The van der Waals surface area contributed by atoms with E-state index in [0.717, 1.165) is 16.3 Å². The molecule has 0 saturated heterocycles. The Morgan fingerprint density at radius 1 is 1.07 bits per heavy atom. The van der Waals surface area contributed by atoms with Crippen molar-refractivity contribution in [2.45, 2.75) is 13.3 Å². The number of nitrogens with zero attached hydrogens (tertiary/aromatic N) is 1. The fourth-order valence-corrected chi connectivity index (χ4v) is 3.43. The summed E-state index contributed by atoms with van der Waals surface area (Å²) in [6.45, 7) is 2.52. The number of hydrogen-bond acceptors (Lipinski definition) is 5. The maximum absolute atomic E-state index is 12.1. The molecule has 8 heteroatoms. The van der Waals surface area contributed by atoms with Gasteiger partial charge in [-0.05, 0) is 25.1 Å². The van der Waals surface area contributed by atoms with Gasteiger partial charge in [0.25, 0.3) is 0 Å². The van der Waals surface area contributed by atoms with Crippen LogP contribution in [0.25, 0.3) is 10.6 Å². The van der Waals surface area contributed by atoms with Crippen molar-refractivity contribution in [1.29, 1.82) is 0 Å². The molecular formula is C21H22N4O3S. The predicted octanol–water partition coefficient (Wildman–Crippen LogP) is 4.66. The van der Waals surface area contributed by atoms with Crippen molar-refractivity contribution in [3.8, 4) is 10.6 Å². The average Bonchev–Trinajstić information content (AvgIpc) is 3.17. The van der Waals surface area contributed by atoms with Crippen LogP contribution in [-0.2, 0) is 11.2 Å². The molecule has 0 saturated carbocycles. The molecule has 2 aromatic carbocycles. The van der Waals surface area contributed by atoms with Gasteiger partial charge in [-0.2, -0.15) is 0 Å². The van der Waals surface area contributed by atoms with Gasteiger partial charge in [0.1, 0.15) is 5.01 Å². The standard InChI is InChI=1S/C21H22N4O3S/c1-14-6-8-15(9-7-14)19-23-18(13-29-19)10-11-22-20(26)24-16-4-3-5-17(12-16)25-21(27)28-2/h3-9,12-13H,10-11H2,1-2H3,(H,25,27)(H2,22,24,26). The first-order chi connectivity index (χ1) is 14.0. The van der Waals surface area contributed by atoms with Gasteiger partial charge in [0.2, 0.25) is 0 Å². The van der Waals surface area contributed by atoms with E-state index in [-0.39, 0.29) is 6.03 Å². The Bertz CT molecular complexity index is 986. The second kappa shape index (κ2) is 9.70. The first-order valence-electron chi connectivity index (χ1n) is 9.05. The Morgan fingerprint density at radius 2 is 1.79 bits per heavy atom. The third-order valence-electron chi connectivity index (χ3n) is 4.07. The van der Waals surface area contributed by atoms with Crippen molar-refractivity contribution in [2.75, 3.05) is 24.3 Å². The first-order valence-corrected chi connectivity index (χ1v) is 9.93. The summed E-state index contributed by atoms with van der Waals surface area (Å²) in [5.41, 5.74) is 4.34.